The second-order valence-corrected chi connectivity index (χ2v) is 18.8. The standard InChI is InChI=1S/C56H104O4/c1-5-7-9-11-13-15-17-19-22-26-30-34-38-42-46-50-54(57)59-53-49-45-41-37-33-29-25-21-24-28-32-36-40-44-48-52-56(3,4)60-55(58)51-47-43-39-35-31-27-23-20-18-16-14-12-10-8-6-2/h19-24H,5-18,25-53H2,1-4H3/b22-19-,23-20-,24-21+. The lowest BCUT2D eigenvalue weighted by molar-refractivity contribution is -0.157. The molecule has 0 fully saturated rings. The smallest absolute Gasteiger partial charge is 0.306 e. The lowest BCUT2D eigenvalue weighted by Crippen LogP contribution is -2.27. The zero-order chi connectivity index (χ0) is 43.7. The van der Waals surface area contributed by atoms with E-state index in [1.54, 1.807) is 0 Å². The first kappa shape index (κ1) is 58.2. The van der Waals surface area contributed by atoms with Crippen LogP contribution in [0.5, 0.6) is 0 Å². The molecule has 0 rings (SSSR count). The summed E-state index contributed by atoms with van der Waals surface area (Å²) in [6.45, 7) is 9.31. The molecule has 0 saturated heterocycles. The summed E-state index contributed by atoms with van der Waals surface area (Å²) in [5.74, 6) is -0.0180. The zero-order valence-electron chi connectivity index (χ0n) is 41.0. The Morgan fingerprint density at radius 1 is 0.350 bits per heavy atom. The fourth-order valence-corrected chi connectivity index (χ4v) is 8.00. The molecular weight excluding hydrogens is 737 g/mol. The second kappa shape index (κ2) is 48.2. The molecule has 0 amide bonds. The highest BCUT2D eigenvalue weighted by molar-refractivity contribution is 5.69. The summed E-state index contributed by atoms with van der Waals surface area (Å²) in [6, 6.07) is 0. The van der Waals surface area contributed by atoms with Crippen molar-refractivity contribution in [3.8, 4) is 0 Å². The second-order valence-electron chi connectivity index (χ2n) is 18.8. The van der Waals surface area contributed by atoms with E-state index in [1.807, 2.05) is 0 Å². The van der Waals surface area contributed by atoms with Gasteiger partial charge in [-0.25, -0.2) is 0 Å². The maximum atomic E-state index is 12.4. The highest BCUT2D eigenvalue weighted by atomic mass is 16.6. The summed E-state index contributed by atoms with van der Waals surface area (Å²) in [6.07, 6.45) is 65.3. The molecule has 0 N–H and O–H groups in total. The maximum absolute atomic E-state index is 12.4. The molecule has 4 heteroatoms. The normalized spacial score (nSPS) is 12.1. The van der Waals surface area contributed by atoms with Crippen molar-refractivity contribution >= 4 is 11.9 Å². The van der Waals surface area contributed by atoms with Crippen LogP contribution in [0.3, 0.4) is 0 Å². The Labute approximate surface area is 375 Å². The molecule has 0 bridgehead atoms. The third kappa shape index (κ3) is 48.8. The Bertz CT molecular complexity index is 978. The third-order valence-electron chi connectivity index (χ3n) is 12.0. The molecular formula is C56H104O4. The predicted molar refractivity (Wildman–Crippen MR) is 264 cm³/mol. The van der Waals surface area contributed by atoms with E-state index in [2.05, 4.69) is 64.2 Å². The number of carbonyl (C=O) groups is 2. The summed E-state index contributed by atoms with van der Waals surface area (Å²) in [5, 5.41) is 0. The van der Waals surface area contributed by atoms with Crippen molar-refractivity contribution in [2.75, 3.05) is 6.61 Å². The van der Waals surface area contributed by atoms with Crippen LogP contribution in [0, 0.1) is 0 Å². The summed E-state index contributed by atoms with van der Waals surface area (Å²) in [7, 11) is 0. The van der Waals surface area contributed by atoms with E-state index in [4.69, 9.17) is 9.47 Å². The van der Waals surface area contributed by atoms with E-state index in [0.29, 0.717) is 19.4 Å². The van der Waals surface area contributed by atoms with Crippen molar-refractivity contribution in [3.05, 3.63) is 36.5 Å². The Kier molecular flexibility index (Phi) is 46.7. The van der Waals surface area contributed by atoms with E-state index in [-0.39, 0.29) is 17.5 Å². The van der Waals surface area contributed by atoms with E-state index in [1.165, 1.54) is 205 Å². The van der Waals surface area contributed by atoms with Gasteiger partial charge in [0.1, 0.15) is 5.60 Å². The predicted octanol–water partition coefficient (Wildman–Crippen LogP) is 18.9. The quantitative estimate of drug-likeness (QED) is 0.0348. The molecule has 0 unspecified atom stereocenters. The molecule has 0 radical (unpaired) electrons. The van der Waals surface area contributed by atoms with Crippen LogP contribution < -0.4 is 0 Å². The summed E-state index contributed by atoms with van der Waals surface area (Å²) in [5.41, 5.74) is -0.347. The molecule has 0 aliphatic heterocycles. The monoisotopic (exact) mass is 841 g/mol. The highest BCUT2D eigenvalue weighted by Crippen LogP contribution is 2.21. The van der Waals surface area contributed by atoms with Gasteiger partial charge in [-0.15, -0.1) is 0 Å². The van der Waals surface area contributed by atoms with Gasteiger partial charge >= 0.3 is 11.9 Å². The van der Waals surface area contributed by atoms with Gasteiger partial charge in [0.15, 0.2) is 0 Å². The number of hydrogen-bond donors (Lipinski definition) is 0. The average Bonchev–Trinajstić information content (AvgIpc) is 3.23. The van der Waals surface area contributed by atoms with Crippen molar-refractivity contribution in [1.82, 2.24) is 0 Å². The van der Waals surface area contributed by atoms with Gasteiger partial charge in [0.2, 0.25) is 0 Å². The topological polar surface area (TPSA) is 52.6 Å². The number of carbonyl (C=O) groups excluding carboxylic acids is 2. The van der Waals surface area contributed by atoms with Crippen molar-refractivity contribution in [2.24, 2.45) is 0 Å². The van der Waals surface area contributed by atoms with E-state index in [9.17, 15) is 9.59 Å². The molecule has 0 aliphatic carbocycles. The van der Waals surface area contributed by atoms with Gasteiger partial charge in [0.05, 0.1) is 6.61 Å². The maximum Gasteiger partial charge on any atom is 0.306 e. The first-order chi connectivity index (χ1) is 29.4. The summed E-state index contributed by atoms with van der Waals surface area (Å²) >= 11 is 0. The van der Waals surface area contributed by atoms with Crippen LogP contribution in [0.15, 0.2) is 36.5 Å². The van der Waals surface area contributed by atoms with Crippen molar-refractivity contribution in [3.63, 3.8) is 0 Å². The minimum absolute atomic E-state index is 0.00249. The third-order valence-corrected chi connectivity index (χ3v) is 12.0. The minimum Gasteiger partial charge on any atom is -0.466 e. The number of hydrogen-bond acceptors (Lipinski definition) is 4. The fraction of sp³-hybridized carbons (Fsp3) is 0.857. The van der Waals surface area contributed by atoms with Gasteiger partial charge in [-0.05, 0) is 123 Å². The lowest BCUT2D eigenvalue weighted by atomic mass is 9.99. The van der Waals surface area contributed by atoms with Crippen LogP contribution in [-0.4, -0.2) is 24.1 Å². The molecule has 352 valence electrons. The Morgan fingerprint density at radius 3 is 1.00 bits per heavy atom. The van der Waals surface area contributed by atoms with Crippen LogP contribution in [0.25, 0.3) is 0 Å². The van der Waals surface area contributed by atoms with Crippen molar-refractivity contribution < 1.29 is 19.1 Å². The Morgan fingerprint density at radius 2 is 0.633 bits per heavy atom. The number of rotatable bonds is 48. The molecule has 0 aromatic carbocycles. The summed E-state index contributed by atoms with van der Waals surface area (Å²) in [4.78, 5) is 24.5. The van der Waals surface area contributed by atoms with Crippen molar-refractivity contribution in [1.29, 1.82) is 0 Å². The molecule has 0 aromatic heterocycles. The highest BCUT2D eigenvalue weighted by Gasteiger charge is 2.22. The zero-order valence-corrected chi connectivity index (χ0v) is 41.0. The minimum atomic E-state index is -0.347. The van der Waals surface area contributed by atoms with Gasteiger partial charge in [0.25, 0.3) is 0 Å². The van der Waals surface area contributed by atoms with Crippen LogP contribution in [0.2, 0.25) is 0 Å². The molecule has 4 nitrogen and oxygen atoms in total. The average molecular weight is 841 g/mol. The summed E-state index contributed by atoms with van der Waals surface area (Å²) < 4.78 is 11.3. The van der Waals surface area contributed by atoms with Crippen LogP contribution >= 0.6 is 0 Å². The lowest BCUT2D eigenvalue weighted by Gasteiger charge is -2.25. The Balaban J connectivity index is 3.44. The van der Waals surface area contributed by atoms with E-state index < -0.39 is 0 Å². The molecule has 0 aliphatic rings. The number of unbranched alkanes of at least 4 members (excludes halogenated alkanes) is 33. The SMILES string of the molecule is CCCCCCCC/C=C\CCCCCCCC(=O)OCCCCCCCC/C=C/CCCCCCCC(C)(C)OC(=O)CCCCCCC/C=C\CCCCCCCC. The largest absolute Gasteiger partial charge is 0.466 e. The van der Waals surface area contributed by atoms with Crippen molar-refractivity contribution in [2.45, 2.75) is 303 Å². The number of esters is 2. The molecule has 60 heavy (non-hydrogen) atoms. The van der Waals surface area contributed by atoms with E-state index >= 15 is 0 Å². The molecule has 0 aromatic rings. The first-order valence-corrected chi connectivity index (χ1v) is 26.7. The van der Waals surface area contributed by atoms with Crippen LogP contribution in [-0.2, 0) is 19.1 Å². The molecule has 0 atom stereocenters. The van der Waals surface area contributed by atoms with Gasteiger partial charge in [-0.3, -0.25) is 9.59 Å². The molecule has 0 saturated carbocycles. The number of allylic oxidation sites excluding steroid dienone is 6. The molecule has 0 heterocycles. The van der Waals surface area contributed by atoms with Gasteiger partial charge in [0, 0.05) is 12.8 Å². The van der Waals surface area contributed by atoms with Crippen LogP contribution in [0.4, 0.5) is 0 Å². The number of ether oxygens (including phenoxy) is 2. The molecule has 0 spiro atoms. The van der Waals surface area contributed by atoms with E-state index in [0.717, 1.165) is 51.4 Å². The first-order valence-electron chi connectivity index (χ1n) is 26.7. The van der Waals surface area contributed by atoms with Gasteiger partial charge in [-0.1, -0.05) is 198 Å². The van der Waals surface area contributed by atoms with Gasteiger partial charge < -0.3 is 9.47 Å². The van der Waals surface area contributed by atoms with Crippen LogP contribution in [0.1, 0.15) is 297 Å². The van der Waals surface area contributed by atoms with Gasteiger partial charge in [-0.2, -0.15) is 0 Å². The fourth-order valence-electron chi connectivity index (χ4n) is 8.00. The Hall–Kier alpha value is -1.84.